The van der Waals surface area contributed by atoms with E-state index in [0.29, 0.717) is 6.54 Å². The number of benzene rings is 1. The quantitative estimate of drug-likeness (QED) is 0.708. The first-order valence-corrected chi connectivity index (χ1v) is 4.43. The molecule has 0 aliphatic carbocycles. The molecular formula is C10H12N2O. The largest absolute Gasteiger partial charge is 0.330 e. The van der Waals surface area contributed by atoms with Crippen molar-refractivity contribution in [2.45, 2.75) is 12.3 Å². The highest BCUT2D eigenvalue weighted by Gasteiger charge is 2.28. The molecule has 0 bridgehead atoms. The van der Waals surface area contributed by atoms with E-state index in [9.17, 15) is 4.79 Å². The predicted molar refractivity (Wildman–Crippen MR) is 51.5 cm³/mol. The maximum atomic E-state index is 11.5. The summed E-state index contributed by atoms with van der Waals surface area (Å²) in [6.45, 7) is 0.548. The number of hydrogen-bond donors (Lipinski definition) is 2. The highest BCUT2D eigenvalue weighted by atomic mass is 16.2. The van der Waals surface area contributed by atoms with E-state index in [1.54, 1.807) is 0 Å². The van der Waals surface area contributed by atoms with Crippen LogP contribution in [0, 0.1) is 0 Å². The first kappa shape index (κ1) is 8.26. The van der Waals surface area contributed by atoms with Crippen molar-refractivity contribution < 1.29 is 4.79 Å². The van der Waals surface area contributed by atoms with Gasteiger partial charge in [0.05, 0.1) is 5.92 Å². The molecule has 1 amide bonds. The number of fused-ring (bicyclic) bond motifs is 1. The van der Waals surface area contributed by atoms with E-state index in [2.05, 4.69) is 5.32 Å². The number of nitrogens with one attached hydrogen (secondary N) is 1. The Morgan fingerprint density at radius 2 is 2.15 bits per heavy atom. The van der Waals surface area contributed by atoms with Crippen LogP contribution in [-0.2, 0) is 4.79 Å². The van der Waals surface area contributed by atoms with E-state index in [4.69, 9.17) is 5.73 Å². The Bertz CT molecular complexity index is 335. The molecule has 1 heterocycles. The summed E-state index contributed by atoms with van der Waals surface area (Å²) in [6.07, 6.45) is 0.725. The Morgan fingerprint density at radius 3 is 2.92 bits per heavy atom. The van der Waals surface area contributed by atoms with Gasteiger partial charge in [0, 0.05) is 5.69 Å². The van der Waals surface area contributed by atoms with E-state index in [-0.39, 0.29) is 11.8 Å². The van der Waals surface area contributed by atoms with Crippen LogP contribution < -0.4 is 11.1 Å². The average Bonchev–Trinajstić information content (AvgIpc) is 2.44. The SMILES string of the molecule is NCCC1C(=O)Nc2ccccc21. The Morgan fingerprint density at radius 1 is 1.38 bits per heavy atom. The van der Waals surface area contributed by atoms with Crippen LogP contribution in [0.25, 0.3) is 0 Å². The maximum absolute atomic E-state index is 11.5. The number of hydrogen-bond acceptors (Lipinski definition) is 2. The molecular weight excluding hydrogens is 164 g/mol. The topological polar surface area (TPSA) is 55.1 Å². The van der Waals surface area contributed by atoms with Gasteiger partial charge in [-0.1, -0.05) is 18.2 Å². The van der Waals surface area contributed by atoms with Crippen LogP contribution in [0.2, 0.25) is 0 Å². The Labute approximate surface area is 76.9 Å². The van der Waals surface area contributed by atoms with Crippen molar-refractivity contribution in [3.05, 3.63) is 29.8 Å². The highest BCUT2D eigenvalue weighted by Crippen LogP contribution is 2.33. The minimum absolute atomic E-state index is 0.0406. The predicted octanol–water partition coefficient (Wildman–Crippen LogP) is 1.07. The molecule has 3 heteroatoms. The minimum Gasteiger partial charge on any atom is -0.330 e. The lowest BCUT2D eigenvalue weighted by atomic mass is 9.97. The number of anilines is 1. The van der Waals surface area contributed by atoms with Gasteiger partial charge in [-0.05, 0) is 24.6 Å². The molecule has 1 aromatic rings. The first-order valence-electron chi connectivity index (χ1n) is 4.43. The molecule has 68 valence electrons. The zero-order chi connectivity index (χ0) is 9.26. The van der Waals surface area contributed by atoms with Crippen molar-refractivity contribution >= 4 is 11.6 Å². The molecule has 13 heavy (non-hydrogen) atoms. The molecule has 1 aromatic carbocycles. The van der Waals surface area contributed by atoms with Crippen molar-refractivity contribution in [1.29, 1.82) is 0 Å². The van der Waals surface area contributed by atoms with Gasteiger partial charge in [-0.3, -0.25) is 4.79 Å². The lowest BCUT2D eigenvalue weighted by Crippen LogP contribution is -2.15. The molecule has 1 unspecified atom stereocenters. The number of para-hydroxylation sites is 1. The van der Waals surface area contributed by atoms with Crippen LogP contribution in [0.3, 0.4) is 0 Å². The van der Waals surface area contributed by atoms with Crippen molar-refractivity contribution in [2.75, 3.05) is 11.9 Å². The van der Waals surface area contributed by atoms with Crippen LogP contribution in [0.5, 0.6) is 0 Å². The molecule has 0 fully saturated rings. The smallest absolute Gasteiger partial charge is 0.232 e. The van der Waals surface area contributed by atoms with Crippen molar-refractivity contribution in [2.24, 2.45) is 5.73 Å². The van der Waals surface area contributed by atoms with E-state index >= 15 is 0 Å². The fourth-order valence-electron chi connectivity index (χ4n) is 1.73. The Hall–Kier alpha value is -1.35. The molecule has 0 saturated carbocycles. The monoisotopic (exact) mass is 176 g/mol. The van der Waals surface area contributed by atoms with E-state index in [1.807, 2.05) is 24.3 Å². The summed E-state index contributed by atoms with van der Waals surface area (Å²) in [5.74, 6) is 0.0350. The molecule has 0 saturated heterocycles. The molecule has 1 aliphatic rings. The summed E-state index contributed by atoms with van der Waals surface area (Å²) >= 11 is 0. The number of rotatable bonds is 2. The van der Waals surface area contributed by atoms with E-state index < -0.39 is 0 Å². The summed E-state index contributed by atoms with van der Waals surface area (Å²) in [5, 5.41) is 2.84. The van der Waals surface area contributed by atoms with Gasteiger partial charge in [0.15, 0.2) is 0 Å². The van der Waals surface area contributed by atoms with Crippen molar-refractivity contribution in [3.63, 3.8) is 0 Å². The van der Waals surface area contributed by atoms with Crippen LogP contribution in [-0.4, -0.2) is 12.5 Å². The third-order valence-corrected chi connectivity index (χ3v) is 2.37. The minimum atomic E-state index is -0.0406. The van der Waals surface area contributed by atoms with E-state index in [0.717, 1.165) is 17.7 Å². The van der Waals surface area contributed by atoms with Gasteiger partial charge < -0.3 is 11.1 Å². The second-order valence-electron chi connectivity index (χ2n) is 3.21. The number of nitrogens with two attached hydrogens (primary N) is 1. The molecule has 0 spiro atoms. The van der Waals surface area contributed by atoms with Crippen LogP contribution in [0.1, 0.15) is 17.9 Å². The van der Waals surface area contributed by atoms with Gasteiger partial charge in [0.25, 0.3) is 0 Å². The summed E-state index contributed by atoms with van der Waals surface area (Å²) in [7, 11) is 0. The fraction of sp³-hybridized carbons (Fsp3) is 0.300. The van der Waals surface area contributed by atoms with Crippen LogP contribution in [0.15, 0.2) is 24.3 Å². The second-order valence-corrected chi connectivity index (χ2v) is 3.21. The summed E-state index contributed by atoms with van der Waals surface area (Å²) in [4.78, 5) is 11.5. The molecule has 2 rings (SSSR count). The van der Waals surface area contributed by atoms with E-state index in [1.165, 1.54) is 0 Å². The summed E-state index contributed by atoms with van der Waals surface area (Å²) in [5.41, 5.74) is 7.47. The van der Waals surface area contributed by atoms with Gasteiger partial charge in [0.1, 0.15) is 0 Å². The Kier molecular flexibility index (Phi) is 2.02. The Balaban J connectivity index is 2.35. The lowest BCUT2D eigenvalue weighted by molar-refractivity contribution is -0.117. The van der Waals surface area contributed by atoms with Gasteiger partial charge in [0.2, 0.25) is 5.91 Å². The van der Waals surface area contributed by atoms with Crippen LogP contribution in [0.4, 0.5) is 5.69 Å². The van der Waals surface area contributed by atoms with Gasteiger partial charge in [-0.25, -0.2) is 0 Å². The maximum Gasteiger partial charge on any atom is 0.232 e. The highest BCUT2D eigenvalue weighted by molar-refractivity contribution is 6.02. The lowest BCUT2D eigenvalue weighted by Gasteiger charge is -2.05. The number of carbonyl (C=O) groups excluding carboxylic acids is 1. The van der Waals surface area contributed by atoms with Crippen molar-refractivity contribution in [3.8, 4) is 0 Å². The molecule has 1 atom stereocenters. The fourth-order valence-corrected chi connectivity index (χ4v) is 1.73. The van der Waals surface area contributed by atoms with Crippen molar-refractivity contribution in [1.82, 2.24) is 0 Å². The molecule has 3 nitrogen and oxygen atoms in total. The zero-order valence-electron chi connectivity index (χ0n) is 7.29. The second kappa shape index (κ2) is 3.18. The standard InChI is InChI=1S/C10H12N2O/c11-6-5-8-7-3-1-2-4-9(7)12-10(8)13/h1-4,8H,5-6,11H2,(H,12,13). The summed E-state index contributed by atoms with van der Waals surface area (Å²) in [6, 6.07) is 7.77. The third-order valence-electron chi connectivity index (χ3n) is 2.37. The zero-order valence-corrected chi connectivity index (χ0v) is 7.29. The molecule has 0 aromatic heterocycles. The summed E-state index contributed by atoms with van der Waals surface area (Å²) < 4.78 is 0. The molecule has 0 radical (unpaired) electrons. The molecule has 3 N–H and O–H groups in total. The first-order chi connectivity index (χ1) is 6.33. The molecule has 1 aliphatic heterocycles. The number of amides is 1. The average molecular weight is 176 g/mol. The van der Waals surface area contributed by atoms with Gasteiger partial charge in [-0.15, -0.1) is 0 Å². The van der Waals surface area contributed by atoms with Gasteiger partial charge >= 0.3 is 0 Å². The normalized spacial score (nSPS) is 19.8. The third kappa shape index (κ3) is 1.31. The number of carbonyl (C=O) groups is 1. The van der Waals surface area contributed by atoms with Crippen LogP contribution >= 0.6 is 0 Å². The van der Waals surface area contributed by atoms with Gasteiger partial charge in [-0.2, -0.15) is 0 Å².